The van der Waals surface area contributed by atoms with Gasteiger partial charge >= 0.3 is 5.97 Å². The molecule has 1 aliphatic heterocycles. The third-order valence-electron chi connectivity index (χ3n) is 5.81. The van der Waals surface area contributed by atoms with Gasteiger partial charge in [-0.05, 0) is 64.2 Å². The SMILES string of the molecule is COCON1C(=O)C(c2c(C)cc(C)cc2C)=C(OC(=O)C2CCCC2)C1(C)C. The number of carbonyl (C=O) groups excluding carboxylic acids is 2. The van der Waals surface area contributed by atoms with Crippen LogP contribution in [0.1, 0.15) is 61.8 Å². The fraction of sp³-hybridized carbons (Fsp3) is 0.565. The van der Waals surface area contributed by atoms with Crippen molar-refractivity contribution in [2.75, 3.05) is 13.9 Å². The van der Waals surface area contributed by atoms with Crippen LogP contribution in [-0.2, 0) is 23.9 Å². The normalized spacial score (nSPS) is 19.4. The lowest BCUT2D eigenvalue weighted by atomic mass is 9.91. The first-order chi connectivity index (χ1) is 13.7. The Hall–Kier alpha value is -2.18. The molecule has 1 aliphatic carbocycles. The quantitative estimate of drug-likeness (QED) is 0.528. The van der Waals surface area contributed by atoms with Gasteiger partial charge in [0.05, 0.1) is 11.5 Å². The van der Waals surface area contributed by atoms with Gasteiger partial charge in [0, 0.05) is 7.11 Å². The number of nitrogens with zero attached hydrogens (tertiary/aromatic N) is 1. The molecule has 0 unspecified atom stereocenters. The molecule has 1 saturated carbocycles. The van der Waals surface area contributed by atoms with E-state index in [2.05, 4.69) is 0 Å². The number of rotatable bonds is 6. The number of ether oxygens (including phenoxy) is 2. The van der Waals surface area contributed by atoms with Gasteiger partial charge in [-0.15, -0.1) is 0 Å². The second-order valence-corrected chi connectivity index (χ2v) is 8.57. The van der Waals surface area contributed by atoms with Gasteiger partial charge in [-0.1, -0.05) is 30.5 Å². The predicted octanol–water partition coefficient (Wildman–Crippen LogP) is 4.21. The molecule has 2 aliphatic rings. The first kappa shape index (κ1) is 21.5. The van der Waals surface area contributed by atoms with Gasteiger partial charge in [0.15, 0.2) is 6.79 Å². The van der Waals surface area contributed by atoms with Crippen LogP contribution < -0.4 is 0 Å². The maximum absolute atomic E-state index is 13.4. The van der Waals surface area contributed by atoms with E-state index in [9.17, 15) is 9.59 Å². The largest absolute Gasteiger partial charge is 0.427 e. The molecule has 3 rings (SSSR count). The standard InChI is InChI=1S/C23H31NO5/c1-14-11-15(2)18(16(3)12-14)19-20(29-22(26)17-9-7-8-10-17)23(4,5)24(21(19)25)28-13-27-6/h11-12,17H,7-10,13H2,1-6H3. The van der Waals surface area contributed by atoms with Crippen LogP contribution >= 0.6 is 0 Å². The van der Waals surface area contributed by atoms with E-state index >= 15 is 0 Å². The molecule has 0 radical (unpaired) electrons. The second-order valence-electron chi connectivity index (χ2n) is 8.57. The Kier molecular flexibility index (Phi) is 6.15. The molecule has 158 valence electrons. The minimum Gasteiger partial charge on any atom is -0.427 e. The van der Waals surface area contributed by atoms with Gasteiger partial charge < -0.3 is 9.47 Å². The molecular formula is C23H31NO5. The Labute approximate surface area is 172 Å². The molecule has 1 aromatic rings. The van der Waals surface area contributed by atoms with Gasteiger partial charge in [-0.25, -0.2) is 9.90 Å². The number of amides is 1. The smallest absolute Gasteiger partial charge is 0.314 e. The van der Waals surface area contributed by atoms with E-state index in [0.717, 1.165) is 47.9 Å². The minimum absolute atomic E-state index is 0.0713. The van der Waals surface area contributed by atoms with Crippen LogP contribution in [0.3, 0.4) is 0 Å². The minimum atomic E-state index is -0.941. The van der Waals surface area contributed by atoms with Gasteiger partial charge in [-0.3, -0.25) is 9.59 Å². The van der Waals surface area contributed by atoms with Crippen molar-refractivity contribution in [3.8, 4) is 0 Å². The van der Waals surface area contributed by atoms with E-state index in [-0.39, 0.29) is 24.6 Å². The number of carbonyl (C=O) groups is 2. The van der Waals surface area contributed by atoms with Crippen LogP contribution in [0.5, 0.6) is 0 Å². The van der Waals surface area contributed by atoms with Crippen molar-refractivity contribution in [3.63, 3.8) is 0 Å². The van der Waals surface area contributed by atoms with Gasteiger partial charge in [0.1, 0.15) is 11.3 Å². The number of methoxy groups -OCH3 is 1. The van der Waals surface area contributed by atoms with Crippen LogP contribution in [0.25, 0.3) is 5.57 Å². The molecule has 29 heavy (non-hydrogen) atoms. The lowest BCUT2D eigenvalue weighted by Crippen LogP contribution is -2.44. The highest BCUT2D eigenvalue weighted by Gasteiger charge is 2.50. The fourth-order valence-electron chi connectivity index (χ4n) is 4.49. The van der Waals surface area contributed by atoms with Crippen molar-refractivity contribution in [2.45, 2.75) is 65.8 Å². The van der Waals surface area contributed by atoms with Crippen molar-refractivity contribution in [2.24, 2.45) is 5.92 Å². The van der Waals surface area contributed by atoms with Crippen LogP contribution in [0, 0.1) is 26.7 Å². The van der Waals surface area contributed by atoms with Crippen molar-refractivity contribution < 1.29 is 23.9 Å². The van der Waals surface area contributed by atoms with Crippen molar-refractivity contribution in [3.05, 3.63) is 40.1 Å². The highest BCUT2D eigenvalue weighted by Crippen LogP contribution is 2.43. The van der Waals surface area contributed by atoms with E-state index in [1.807, 2.05) is 46.8 Å². The number of hydrogen-bond acceptors (Lipinski definition) is 5. The summed E-state index contributed by atoms with van der Waals surface area (Å²) in [6.07, 6.45) is 3.74. The molecule has 0 saturated heterocycles. The zero-order valence-corrected chi connectivity index (χ0v) is 18.3. The molecule has 1 aromatic carbocycles. The summed E-state index contributed by atoms with van der Waals surface area (Å²) in [4.78, 5) is 31.9. The average molecular weight is 402 g/mol. The molecule has 0 spiro atoms. The molecule has 6 heteroatoms. The molecule has 0 N–H and O–H groups in total. The number of esters is 1. The van der Waals surface area contributed by atoms with Gasteiger partial charge in [-0.2, -0.15) is 0 Å². The first-order valence-electron chi connectivity index (χ1n) is 10.2. The highest BCUT2D eigenvalue weighted by atomic mass is 16.8. The lowest BCUT2D eigenvalue weighted by molar-refractivity contribution is -0.239. The molecule has 0 bridgehead atoms. The Morgan fingerprint density at radius 3 is 2.28 bits per heavy atom. The second kappa shape index (κ2) is 8.28. The molecule has 0 aromatic heterocycles. The Morgan fingerprint density at radius 1 is 1.14 bits per heavy atom. The Balaban J connectivity index is 2.11. The van der Waals surface area contributed by atoms with E-state index in [1.54, 1.807) is 0 Å². The van der Waals surface area contributed by atoms with Crippen LogP contribution in [0.4, 0.5) is 0 Å². The van der Waals surface area contributed by atoms with Gasteiger partial charge in [0.25, 0.3) is 5.91 Å². The number of aryl methyl sites for hydroxylation is 3. The lowest BCUT2D eigenvalue weighted by Gasteiger charge is -2.31. The molecule has 0 atom stereocenters. The summed E-state index contributed by atoms with van der Waals surface area (Å²) < 4.78 is 11.0. The zero-order valence-electron chi connectivity index (χ0n) is 18.3. The maximum atomic E-state index is 13.4. The summed E-state index contributed by atoms with van der Waals surface area (Å²) >= 11 is 0. The Morgan fingerprint density at radius 2 is 1.72 bits per heavy atom. The number of benzene rings is 1. The summed E-state index contributed by atoms with van der Waals surface area (Å²) in [7, 11) is 1.50. The Bertz CT molecular complexity index is 826. The van der Waals surface area contributed by atoms with E-state index in [1.165, 1.54) is 12.2 Å². The highest BCUT2D eigenvalue weighted by molar-refractivity contribution is 6.23. The van der Waals surface area contributed by atoms with Crippen molar-refractivity contribution >= 4 is 17.4 Å². The first-order valence-corrected chi connectivity index (χ1v) is 10.2. The van der Waals surface area contributed by atoms with Crippen LogP contribution in [0.15, 0.2) is 17.9 Å². The third kappa shape index (κ3) is 3.96. The van der Waals surface area contributed by atoms with E-state index in [4.69, 9.17) is 14.3 Å². The van der Waals surface area contributed by atoms with Crippen LogP contribution in [-0.4, -0.2) is 36.4 Å². The number of hydrogen-bond donors (Lipinski definition) is 0. The predicted molar refractivity (Wildman–Crippen MR) is 110 cm³/mol. The molecule has 1 heterocycles. The van der Waals surface area contributed by atoms with Crippen LogP contribution in [0.2, 0.25) is 0 Å². The van der Waals surface area contributed by atoms with E-state index in [0.29, 0.717) is 11.3 Å². The number of hydroxylamine groups is 2. The molecule has 6 nitrogen and oxygen atoms in total. The van der Waals surface area contributed by atoms with Crippen molar-refractivity contribution in [1.29, 1.82) is 0 Å². The summed E-state index contributed by atoms with van der Waals surface area (Å²) in [6.45, 7) is 9.54. The summed E-state index contributed by atoms with van der Waals surface area (Å²) in [5.41, 5.74) is 3.29. The van der Waals surface area contributed by atoms with Crippen molar-refractivity contribution in [1.82, 2.24) is 5.06 Å². The summed E-state index contributed by atoms with van der Waals surface area (Å²) in [6, 6.07) is 4.06. The monoisotopic (exact) mass is 401 g/mol. The topological polar surface area (TPSA) is 65.1 Å². The molecular weight excluding hydrogens is 370 g/mol. The van der Waals surface area contributed by atoms with Gasteiger partial charge in [0.2, 0.25) is 0 Å². The fourth-order valence-corrected chi connectivity index (χ4v) is 4.49. The summed E-state index contributed by atoms with van der Waals surface area (Å²) in [5, 5.41) is 1.27. The molecule has 1 fully saturated rings. The zero-order chi connectivity index (χ0) is 21.3. The maximum Gasteiger partial charge on any atom is 0.314 e. The van der Waals surface area contributed by atoms with E-state index < -0.39 is 5.54 Å². The third-order valence-corrected chi connectivity index (χ3v) is 5.81. The average Bonchev–Trinajstić information content (AvgIpc) is 3.22. The molecule has 1 amide bonds. The summed E-state index contributed by atoms with van der Waals surface area (Å²) in [5.74, 6) is -0.336.